The molecule has 1 aliphatic carbocycles. The lowest BCUT2D eigenvalue weighted by Gasteiger charge is -2.23. The van der Waals surface area contributed by atoms with Crippen LogP contribution in [0.1, 0.15) is 29.9 Å². The van der Waals surface area contributed by atoms with Crippen LogP contribution in [0.3, 0.4) is 0 Å². The quantitative estimate of drug-likeness (QED) is 0.605. The maximum Gasteiger partial charge on any atom is 0.134 e. The van der Waals surface area contributed by atoms with E-state index in [9.17, 15) is 0 Å². The Kier molecular flexibility index (Phi) is 3.50. The predicted molar refractivity (Wildman–Crippen MR) is 103 cm³/mol. The lowest BCUT2D eigenvalue weighted by Crippen LogP contribution is -2.37. The molecule has 4 rings (SSSR count). The van der Waals surface area contributed by atoms with Crippen molar-refractivity contribution in [2.24, 2.45) is 5.92 Å². The Morgan fingerprint density at radius 2 is 1.88 bits per heavy atom. The summed E-state index contributed by atoms with van der Waals surface area (Å²) in [5, 5.41) is 2.64. The summed E-state index contributed by atoms with van der Waals surface area (Å²) in [4.78, 5) is 4.61. The molecule has 2 aromatic heterocycles. The second-order valence-corrected chi connectivity index (χ2v) is 12.8. The molecule has 0 fully saturated rings. The maximum absolute atomic E-state index is 6.53. The van der Waals surface area contributed by atoms with Gasteiger partial charge >= 0.3 is 0 Å². The fourth-order valence-corrected chi connectivity index (χ4v) is 5.17. The maximum atomic E-state index is 6.53. The van der Waals surface area contributed by atoms with E-state index < -0.39 is 8.07 Å². The Bertz CT molecular complexity index is 918. The predicted octanol–water partition coefficient (Wildman–Crippen LogP) is 5.17. The molecule has 122 valence electrons. The largest absolute Gasteiger partial charge is 0.460 e. The normalized spacial score (nSPS) is 20.3. The Morgan fingerprint density at radius 3 is 2.58 bits per heavy atom. The number of rotatable bonds is 2. The zero-order valence-electron chi connectivity index (χ0n) is 14.7. The first-order chi connectivity index (χ1) is 11.5. The Balaban J connectivity index is 1.98. The highest BCUT2D eigenvalue weighted by molar-refractivity contribution is 6.90. The van der Waals surface area contributed by atoms with E-state index in [-0.39, 0.29) is 5.92 Å². The third kappa shape index (κ3) is 2.35. The number of allylic oxidation sites excluding steroid dienone is 1. The average Bonchev–Trinajstić information content (AvgIpc) is 2.92. The molecule has 1 aromatic carbocycles. The summed E-state index contributed by atoms with van der Waals surface area (Å²) in [6.07, 6.45) is 6.40. The monoisotopic (exact) mass is 333 g/mol. The Labute approximate surface area is 144 Å². The van der Waals surface area contributed by atoms with Gasteiger partial charge in [-0.3, -0.25) is 4.98 Å². The van der Waals surface area contributed by atoms with E-state index in [1.807, 2.05) is 12.3 Å². The van der Waals surface area contributed by atoms with Gasteiger partial charge in [0.1, 0.15) is 11.3 Å². The van der Waals surface area contributed by atoms with Gasteiger partial charge in [-0.25, -0.2) is 0 Å². The fraction of sp³-hybridized carbons (Fsp3) is 0.286. The first-order valence-corrected chi connectivity index (χ1v) is 12.1. The molecule has 3 aromatic rings. The number of nitrogens with zero attached hydrogens (tertiary/aromatic N) is 1. The van der Waals surface area contributed by atoms with Crippen LogP contribution in [0.4, 0.5) is 0 Å². The van der Waals surface area contributed by atoms with Crippen LogP contribution >= 0.6 is 0 Å². The molecule has 0 spiro atoms. The molecule has 3 heteroatoms. The minimum Gasteiger partial charge on any atom is -0.460 e. The SMILES string of the molecule is CC1C=Cc2c(oc3c([Si](C)(C)C)cccc23)C1c1ccccn1. The van der Waals surface area contributed by atoms with Crippen LogP contribution in [-0.2, 0) is 0 Å². The standard InChI is InChI=1S/C21H23NOSi/c1-14-11-12-16-15-8-7-10-18(24(2,3)4)20(15)23-21(16)19(14)17-9-5-6-13-22-17/h5-14,19H,1-4H3. The Morgan fingerprint density at radius 1 is 1.04 bits per heavy atom. The van der Waals surface area contributed by atoms with Crippen LogP contribution in [0.2, 0.25) is 19.6 Å². The molecule has 2 atom stereocenters. The van der Waals surface area contributed by atoms with Gasteiger partial charge in [0.05, 0.1) is 19.7 Å². The number of furan rings is 1. The smallest absolute Gasteiger partial charge is 0.134 e. The summed E-state index contributed by atoms with van der Waals surface area (Å²) in [7, 11) is -1.46. The molecule has 2 heterocycles. The minimum absolute atomic E-state index is 0.188. The van der Waals surface area contributed by atoms with Crippen LogP contribution in [0.5, 0.6) is 0 Å². The van der Waals surface area contributed by atoms with Crippen LogP contribution in [0.15, 0.2) is 53.1 Å². The van der Waals surface area contributed by atoms with Crippen LogP contribution < -0.4 is 5.19 Å². The fourth-order valence-electron chi connectivity index (χ4n) is 3.71. The van der Waals surface area contributed by atoms with E-state index in [2.05, 4.69) is 74.0 Å². The van der Waals surface area contributed by atoms with Gasteiger partial charge in [0.25, 0.3) is 0 Å². The highest BCUT2D eigenvalue weighted by atomic mass is 28.3. The molecule has 0 saturated carbocycles. The van der Waals surface area contributed by atoms with Crippen molar-refractivity contribution in [3.8, 4) is 0 Å². The molecule has 0 saturated heterocycles. The van der Waals surface area contributed by atoms with Gasteiger partial charge in [-0.1, -0.05) is 63.0 Å². The number of aromatic nitrogens is 1. The van der Waals surface area contributed by atoms with Gasteiger partial charge in [0.2, 0.25) is 0 Å². The lowest BCUT2D eigenvalue weighted by atomic mass is 9.82. The van der Waals surface area contributed by atoms with Gasteiger partial charge in [0.15, 0.2) is 0 Å². The van der Waals surface area contributed by atoms with Crippen LogP contribution in [0, 0.1) is 5.92 Å². The molecule has 2 unspecified atom stereocenters. The topological polar surface area (TPSA) is 26.0 Å². The van der Waals surface area contributed by atoms with Gasteiger partial charge in [0, 0.05) is 17.1 Å². The van der Waals surface area contributed by atoms with E-state index in [4.69, 9.17) is 4.42 Å². The van der Waals surface area contributed by atoms with Crippen molar-refractivity contribution in [1.82, 2.24) is 4.98 Å². The number of hydrogen-bond donors (Lipinski definition) is 0. The van der Waals surface area contributed by atoms with Gasteiger partial charge in [-0.15, -0.1) is 0 Å². The first kappa shape index (κ1) is 15.4. The van der Waals surface area contributed by atoms with E-state index in [0.29, 0.717) is 5.92 Å². The second kappa shape index (κ2) is 5.45. The summed E-state index contributed by atoms with van der Waals surface area (Å²) in [6.45, 7) is 9.36. The molecule has 0 bridgehead atoms. The van der Waals surface area contributed by atoms with Crippen molar-refractivity contribution < 1.29 is 4.42 Å². The number of pyridine rings is 1. The number of hydrogen-bond acceptors (Lipinski definition) is 2. The molecule has 24 heavy (non-hydrogen) atoms. The average molecular weight is 334 g/mol. The van der Waals surface area contributed by atoms with Crippen molar-refractivity contribution in [2.75, 3.05) is 0 Å². The molecule has 0 radical (unpaired) electrons. The van der Waals surface area contributed by atoms with Gasteiger partial charge < -0.3 is 4.42 Å². The first-order valence-electron chi connectivity index (χ1n) is 8.62. The molecule has 0 N–H and O–H groups in total. The van der Waals surface area contributed by atoms with Crippen molar-refractivity contribution in [3.05, 3.63) is 65.7 Å². The molecule has 2 nitrogen and oxygen atoms in total. The van der Waals surface area contributed by atoms with Crippen LogP contribution in [-0.4, -0.2) is 13.1 Å². The minimum atomic E-state index is -1.46. The van der Waals surface area contributed by atoms with E-state index in [0.717, 1.165) is 17.0 Å². The lowest BCUT2D eigenvalue weighted by molar-refractivity contribution is 0.464. The third-order valence-electron chi connectivity index (χ3n) is 4.97. The van der Waals surface area contributed by atoms with E-state index in [1.54, 1.807) is 0 Å². The summed E-state index contributed by atoms with van der Waals surface area (Å²) in [6, 6.07) is 12.7. The van der Waals surface area contributed by atoms with Crippen LogP contribution in [0.25, 0.3) is 17.0 Å². The molecule has 0 aliphatic heterocycles. The summed E-state index contributed by atoms with van der Waals surface area (Å²) >= 11 is 0. The van der Waals surface area contributed by atoms with Crippen molar-refractivity contribution in [2.45, 2.75) is 32.5 Å². The number of benzene rings is 1. The second-order valence-electron chi connectivity index (χ2n) is 7.76. The van der Waals surface area contributed by atoms with Crippen molar-refractivity contribution in [3.63, 3.8) is 0 Å². The van der Waals surface area contributed by atoms with Gasteiger partial charge in [-0.2, -0.15) is 0 Å². The molecule has 0 amide bonds. The summed E-state index contributed by atoms with van der Waals surface area (Å²) in [5.74, 6) is 1.64. The molecule has 1 aliphatic rings. The Hall–Kier alpha value is -2.13. The number of para-hydroxylation sites is 1. The summed E-state index contributed by atoms with van der Waals surface area (Å²) in [5.41, 5.74) is 3.41. The van der Waals surface area contributed by atoms with E-state index >= 15 is 0 Å². The summed E-state index contributed by atoms with van der Waals surface area (Å²) < 4.78 is 6.53. The highest BCUT2D eigenvalue weighted by Gasteiger charge is 2.32. The third-order valence-corrected chi connectivity index (χ3v) is 6.98. The molecular formula is C21H23NOSi. The molecular weight excluding hydrogens is 310 g/mol. The van der Waals surface area contributed by atoms with E-state index in [1.165, 1.54) is 16.1 Å². The highest BCUT2D eigenvalue weighted by Crippen LogP contribution is 2.42. The zero-order chi connectivity index (χ0) is 16.9. The van der Waals surface area contributed by atoms with Crippen molar-refractivity contribution in [1.29, 1.82) is 0 Å². The zero-order valence-corrected chi connectivity index (χ0v) is 15.7. The van der Waals surface area contributed by atoms with Gasteiger partial charge in [-0.05, 0) is 23.2 Å². The number of fused-ring (bicyclic) bond motifs is 3. The van der Waals surface area contributed by atoms with Crippen molar-refractivity contribution >= 4 is 30.3 Å².